The van der Waals surface area contributed by atoms with Crippen molar-refractivity contribution in [2.24, 2.45) is 0 Å². The molecule has 3 nitrogen and oxygen atoms in total. The molecule has 1 heterocycles. The minimum Gasteiger partial charge on any atom is -0.431 e. The summed E-state index contributed by atoms with van der Waals surface area (Å²) in [6.07, 6.45) is 3.71. The number of hydrogen-bond donors (Lipinski definition) is 1. The van der Waals surface area contributed by atoms with Crippen LogP contribution < -0.4 is 5.32 Å². The van der Waals surface area contributed by atoms with E-state index in [2.05, 4.69) is 10.3 Å². The number of nitrogens with zero attached hydrogens (tertiary/aromatic N) is 1. The van der Waals surface area contributed by atoms with Crippen LogP contribution in [0, 0.1) is 0 Å². The lowest BCUT2D eigenvalue weighted by Crippen LogP contribution is -2.21. The number of fused-ring (bicyclic) bond motifs is 1. The Labute approximate surface area is 105 Å². The molecular weight excluding hydrogens is 232 g/mol. The molecule has 1 aromatic carbocycles. The van der Waals surface area contributed by atoms with Crippen LogP contribution in [0.4, 0.5) is 0 Å². The fraction of sp³-hybridized carbons (Fsp3) is 0.462. The van der Waals surface area contributed by atoms with Crippen LogP contribution in [0.2, 0.25) is 0 Å². The highest BCUT2D eigenvalue weighted by atomic mass is 32.2. The van der Waals surface area contributed by atoms with E-state index >= 15 is 0 Å². The van der Waals surface area contributed by atoms with Crippen molar-refractivity contribution in [3.63, 3.8) is 0 Å². The highest BCUT2D eigenvalue weighted by Gasteiger charge is 2.25. The summed E-state index contributed by atoms with van der Waals surface area (Å²) in [4.78, 5) is 4.50. The highest BCUT2D eigenvalue weighted by molar-refractivity contribution is 7.99. The summed E-state index contributed by atoms with van der Waals surface area (Å²) in [5.41, 5.74) is 1.84. The molecule has 17 heavy (non-hydrogen) atoms. The molecule has 2 aromatic rings. The molecule has 0 saturated heterocycles. The zero-order valence-electron chi connectivity index (χ0n) is 9.85. The number of para-hydroxylation sites is 2. The van der Waals surface area contributed by atoms with Gasteiger partial charge in [0.2, 0.25) is 0 Å². The van der Waals surface area contributed by atoms with Crippen molar-refractivity contribution >= 4 is 22.9 Å². The number of nitrogens with one attached hydrogen (secondary N) is 1. The molecule has 0 aliphatic heterocycles. The van der Waals surface area contributed by atoms with Gasteiger partial charge in [0.25, 0.3) is 5.22 Å². The van der Waals surface area contributed by atoms with E-state index in [9.17, 15) is 0 Å². The smallest absolute Gasteiger partial charge is 0.257 e. The van der Waals surface area contributed by atoms with Gasteiger partial charge < -0.3 is 9.73 Å². The zero-order valence-corrected chi connectivity index (χ0v) is 10.7. The third kappa shape index (κ3) is 2.33. The molecule has 1 N–H and O–H groups in total. The van der Waals surface area contributed by atoms with E-state index in [1.165, 1.54) is 19.3 Å². The summed E-state index contributed by atoms with van der Waals surface area (Å²) < 4.78 is 5.73. The van der Waals surface area contributed by atoms with E-state index in [-0.39, 0.29) is 0 Å². The molecule has 1 aliphatic rings. The Morgan fingerprint density at radius 2 is 2.24 bits per heavy atom. The molecule has 4 heteroatoms. The number of benzene rings is 1. The van der Waals surface area contributed by atoms with Gasteiger partial charge in [-0.1, -0.05) is 23.9 Å². The summed E-state index contributed by atoms with van der Waals surface area (Å²) >= 11 is 1.78. The Kier molecular flexibility index (Phi) is 3.07. The minimum atomic E-state index is 0.639. The van der Waals surface area contributed by atoms with Crippen LogP contribution in [0.3, 0.4) is 0 Å². The quantitative estimate of drug-likeness (QED) is 0.906. The molecule has 0 amide bonds. The SMILES string of the molecule is CNC1CCC(Sc2nc3ccccc3o2)C1. The second-order valence-electron chi connectivity index (χ2n) is 4.49. The summed E-state index contributed by atoms with van der Waals surface area (Å²) in [7, 11) is 2.04. The van der Waals surface area contributed by atoms with E-state index in [0.717, 1.165) is 16.3 Å². The lowest BCUT2D eigenvalue weighted by molar-refractivity contribution is 0.487. The first-order valence-corrected chi connectivity index (χ1v) is 6.92. The highest BCUT2D eigenvalue weighted by Crippen LogP contribution is 2.35. The third-order valence-electron chi connectivity index (χ3n) is 3.33. The first kappa shape index (κ1) is 11.1. The third-order valence-corrected chi connectivity index (χ3v) is 4.47. The number of thioether (sulfide) groups is 1. The maximum absolute atomic E-state index is 5.73. The number of rotatable bonds is 3. The second kappa shape index (κ2) is 4.70. The molecule has 2 atom stereocenters. The largest absolute Gasteiger partial charge is 0.431 e. The normalized spacial score (nSPS) is 24.5. The van der Waals surface area contributed by atoms with Gasteiger partial charge in [-0.05, 0) is 38.4 Å². The molecule has 1 aliphatic carbocycles. The Morgan fingerprint density at radius 3 is 3.00 bits per heavy atom. The van der Waals surface area contributed by atoms with E-state index < -0.39 is 0 Å². The van der Waals surface area contributed by atoms with E-state index in [4.69, 9.17) is 4.42 Å². The number of oxazole rings is 1. The second-order valence-corrected chi connectivity index (χ2v) is 5.74. The van der Waals surface area contributed by atoms with Crippen molar-refractivity contribution in [3.8, 4) is 0 Å². The van der Waals surface area contributed by atoms with Crippen molar-refractivity contribution in [1.82, 2.24) is 10.3 Å². The number of aromatic nitrogens is 1. The van der Waals surface area contributed by atoms with Crippen LogP contribution in [-0.4, -0.2) is 23.3 Å². The van der Waals surface area contributed by atoms with Crippen LogP contribution in [0.25, 0.3) is 11.1 Å². The fourth-order valence-electron chi connectivity index (χ4n) is 2.35. The fourth-order valence-corrected chi connectivity index (χ4v) is 3.51. The Balaban J connectivity index is 1.73. The molecule has 0 spiro atoms. The molecule has 0 radical (unpaired) electrons. The van der Waals surface area contributed by atoms with Gasteiger partial charge in [-0.25, -0.2) is 4.98 Å². The molecular formula is C13H16N2OS. The average Bonchev–Trinajstić information content (AvgIpc) is 2.94. The summed E-state index contributed by atoms with van der Waals surface area (Å²) in [6.45, 7) is 0. The lowest BCUT2D eigenvalue weighted by atomic mass is 10.3. The van der Waals surface area contributed by atoms with Crippen LogP contribution in [0.1, 0.15) is 19.3 Å². The van der Waals surface area contributed by atoms with Gasteiger partial charge in [0.1, 0.15) is 5.52 Å². The van der Waals surface area contributed by atoms with E-state index in [1.807, 2.05) is 31.3 Å². The number of hydrogen-bond acceptors (Lipinski definition) is 4. The molecule has 3 rings (SSSR count). The summed E-state index contributed by atoms with van der Waals surface area (Å²) in [5, 5.41) is 4.79. The van der Waals surface area contributed by atoms with Crippen molar-refractivity contribution < 1.29 is 4.42 Å². The van der Waals surface area contributed by atoms with Crippen LogP contribution in [0.5, 0.6) is 0 Å². The van der Waals surface area contributed by atoms with Gasteiger partial charge in [0.15, 0.2) is 5.58 Å². The van der Waals surface area contributed by atoms with Gasteiger partial charge in [-0.15, -0.1) is 0 Å². The first-order valence-electron chi connectivity index (χ1n) is 6.04. The topological polar surface area (TPSA) is 38.1 Å². The van der Waals surface area contributed by atoms with E-state index in [1.54, 1.807) is 11.8 Å². The van der Waals surface area contributed by atoms with Gasteiger partial charge in [-0.2, -0.15) is 0 Å². The maximum Gasteiger partial charge on any atom is 0.257 e. The Hall–Kier alpha value is -1.00. The van der Waals surface area contributed by atoms with Gasteiger partial charge >= 0.3 is 0 Å². The van der Waals surface area contributed by atoms with Crippen molar-refractivity contribution in [3.05, 3.63) is 24.3 Å². The van der Waals surface area contributed by atoms with Crippen molar-refractivity contribution in [2.75, 3.05) is 7.05 Å². The molecule has 1 saturated carbocycles. The maximum atomic E-state index is 5.73. The summed E-state index contributed by atoms with van der Waals surface area (Å²) in [5.74, 6) is 0. The minimum absolute atomic E-state index is 0.639. The van der Waals surface area contributed by atoms with Gasteiger partial charge in [0.05, 0.1) is 0 Å². The predicted octanol–water partition coefficient (Wildman–Crippen LogP) is 3.06. The standard InChI is InChI=1S/C13H16N2OS/c1-14-9-6-7-10(8-9)17-13-15-11-4-2-3-5-12(11)16-13/h2-5,9-10,14H,6-8H2,1H3. The monoisotopic (exact) mass is 248 g/mol. The molecule has 0 bridgehead atoms. The Morgan fingerprint density at radius 1 is 1.35 bits per heavy atom. The first-order chi connectivity index (χ1) is 8.35. The molecule has 1 aromatic heterocycles. The average molecular weight is 248 g/mol. The van der Waals surface area contributed by atoms with E-state index in [0.29, 0.717) is 11.3 Å². The Bertz CT molecular complexity index is 478. The van der Waals surface area contributed by atoms with Crippen molar-refractivity contribution in [1.29, 1.82) is 0 Å². The van der Waals surface area contributed by atoms with Crippen molar-refractivity contribution in [2.45, 2.75) is 35.8 Å². The van der Waals surface area contributed by atoms with Crippen LogP contribution in [-0.2, 0) is 0 Å². The van der Waals surface area contributed by atoms with Crippen LogP contribution >= 0.6 is 11.8 Å². The molecule has 90 valence electrons. The predicted molar refractivity (Wildman–Crippen MR) is 70.4 cm³/mol. The van der Waals surface area contributed by atoms with Gasteiger partial charge in [0, 0.05) is 11.3 Å². The molecule has 1 fully saturated rings. The van der Waals surface area contributed by atoms with Crippen LogP contribution in [0.15, 0.2) is 33.9 Å². The molecule has 2 unspecified atom stereocenters. The summed E-state index contributed by atoms with van der Waals surface area (Å²) in [6, 6.07) is 8.60. The lowest BCUT2D eigenvalue weighted by Gasteiger charge is -2.07. The van der Waals surface area contributed by atoms with Gasteiger partial charge in [-0.3, -0.25) is 0 Å². The zero-order chi connectivity index (χ0) is 11.7.